The molecule has 2 nitrogen and oxygen atoms in total. The Hall–Kier alpha value is -0.930. The van der Waals surface area contributed by atoms with Crippen molar-refractivity contribution in [3.8, 4) is 0 Å². The minimum Gasteiger partial charge on any atom is -0.403 e. The Morgan fingerprint density at radius 1 is 1.26 bits per heavy atom. The third-order valence-corrected chi connectivity index (χ3v) is 3.95. The van der Waals surface area contributed by atoms with Crippen molar-refractivity contribution >= 4 is 11.8 Å². The van der Waals surface area contributed by atoms with Gasteiger partial charge >= 0.3 is 0 Å². The molecule has 1 rings (SSSR count). The van der Waals surface area contributed by atoms with Gasteiger partial charge in [0.2, 0.25) is 0 Å². The van der Waals surface area contributed by atoms with E-state index in [1.165, 1.54) is 31.9 Å². The van der Waals surface area contributed by atoms with Crippen molar-refractivity contribution in [3.05, 3.63) is 48.1 Å². The third kappa shape index (κ3) is 27.4. The average molecular weight is 399 g/mol. The molecule has 1 aliphatic carbocycles. The summed E-state index contributed by atoms with van der Waals surface area (Å²) in [4.78, 5) is 0. The van der Waals surface area contributed by atoms with Crippen LogP contribution < -0.4 is 11.5 Å². The first-order chi connectivity index (χ1) is 12.5. The molecule has 0 amide bonds. The Morgan fingerprint density at radius 2 is 1.63 bits per heavy atom. The van der Waals surface area contributed by atoms with Crippen LogP contribution in [-0.2, 0) is 0 Å². The van der Waals surface area contributed by atoms with Gasteiger partial charge in [-0.15, -0.1) is 11.8 Å². The molecule has 0 bridgehead atoms. The molecule has 0 heterocycles. The first-order valence-corrected chi connectivity index (χ1v) is 11.3. The molecule has 0 saturated heterocycles. The van der Waals surface area contributed by atoms with Crippen LogP contribution in [0.1, 0.15) is 74.7 Å². The van der Waals surface area contributed by atoms with E-state index in [2.05, 4.69) is 85.6 Å². The average Bonchev–Trinajstić information content (AvgIpc) is 2.59. The highest BCUT2D eigenvalue weighted by molar-refractivity contribution is 8.01. The summed E-state index contributed by atoms with van der Waals surface area (Å²) < 4.78 is 0. The normalized spacial score (nSPS) is 16.9. The molecule has 0 fully saturated rings. The largest absolute Gasteiger partial charge is 0.403 e. The fourth-order valence-electron chi connectivity index (χ4n) is 1.84. The monoisotopic (exact) mass is 398 g/mol. The molecule has 0 saturated carbocycles. The molecule has 162 valence electrons. The Morgan fingerprint density at radius 3 is 1.81 bits per heavy atom. The molecular weight excluding hydrogens is 348 g/mol. The van der Waals surface area contributed by atoms with Crippen molar-refractivity contribution in [2.75, 3.05) is 13.3 Å². The molecular formula is C24H50N2S. The maximum absolute atomic E-state index is 4.92. The summed E-state index contributed by atoms with van der Waals surface area (Å²) in [5.74, 6) is 1.50. The fraction of sp³-hybridized carbons (Fsp3) is 0.667. The van der Waals surface area contributed by atoms with E-state index >= 15 is 0 Å². The van der Waals surface area contributed by atoms with Crippen molar-refractivity contribution in [3.63, 3.8) is 0 Å². The SMILES string of the molecule is C=C(C)N.C=CSC.CC(C)CC1=CCC(C)(C(C)C)C=C1.CCC.CN. The van der Waals surface area contributed by atoms with Gasteiger partial charge in [0.05, 0.1) is 0 Å². The van der Waals surface area contributed by atoms with Gasteiger partial charge in [-0.2, -0.15) is 0 Å². The molecule has 27 heavy (non-hydrogen) atoms. The van der Waals surface area contributed by atoms with Gasteiger partial charge in [0, 0.05) is 0 Å². The molecule has 0 aliphatic heterocycles. The van der Waals surface area contributed by atoms with Crippen LogP contribution in [0.2, 0.25) is 0 Å². The maximum atomic E-state index is 4.92. The first kappa shape index (κ1) is 33.6. The lowest BCUT2D eigenvalue weighted by molar-refractivity contribution is 0.297. The Labute approximate surface area is 176 Å². The Balaban J connectivity index is -0.000000168. The Kier molecular flexibility index (Phi) is 28.8. The van der Waals surface area contributed by atoms with E-state index in [9.17, 15) is 0 Å². The van der Waals surface area contributed by atoms with Crippen LogP contribution in [0.5, 0.6) is 0 Å². The molecule has 1 unspecified atom stereocenters. The van der Waals surface area contributed by atoms with E-state index in [-0.39, 0.29) is 0 Å². The minimum absolute atomic E-state index is 0.389. The second-order valence-electron chi connectivity index (χ2n) is 7.53. The third-order valence-electron chi connectivity index (χ3n) is 3.61. The molecule has 0 radical (unpaired) electrons. The van der Waals surface area contributed by atoms with Crippen LogP contribution in [0.3, 0.4) is 0 Å². The lowest BCUT2D eigenvalue weighted by Gasteiger charge is -2.32. The van der Waals surface area contributed by atoms with E-state index < -0.39 is 0 Å². The lowest BCUT2D eigenvalue weighted by Crippen LogP contribution is -2.21. The van der Waals surface area contributed by atoms with Gasteiger partial charge in [-0.1, -0.05) is 91.8 Å². The molecule has 0 aromatic rings. The number of rotatable bonds is 4. The summed E-state index contributed by atoms with van der Waals surface area (Å²) in [5, 5.41) is 1.79. The van der Waals surface area contributed by atoms with E-state index in [0.717, 1.165) is 11.8 Å². The number of nitrogens with two attached hydrogens (primary N) is 2. The zero-order valence-corrected chi connectivity index (χ0v) is 20.9. The predicted octanol–water partition coefficient (Wildman–Crippen LogP) is 7.54. The van der Waals surface area contributed by atoms with Crippen LogP contribution in [-0.4, -0.2) is 13.3 Å². The Bertz CT molecular complexity index is 391. The van der Waals surface area contributed by atoms with Crippen LogP contribution in [0, 0.1) is 17.3 Å². The smallest absolute Gasteiger partial charge is 0.00242 e. The van der Waals surface area contributed by atoms with Crippen molar-refractivity contribution < 1.29 is 0 Å². The first-order valence-electron chi connectivity index (χ1n) is 10.0. The maximum Gasteiger partial charge on any atom is -0.00242 e. The van der Waals surface area contributed by atoms with E-state index in [0.29, 0.717) is 11.1 Å². The van der Waals surface area contributed by atoms with Crippen LogP contribution in [0.25, 0.3) is 0 Å². The highest BCUT2D eigenvalue weighted by Gasteiger charge is 2.26. The quantitative estimate of drug-likeness (QED) is 0.514. The summed E-state index contributed by atoms with van der Waals surface area (Å²) in [6.07, 6.45) is 12.8. The molecule has 0 spiro atoms. The molecule has 3 heteroatoms. The lowest BCUT2D eigenvalue weighted by atomic mass is 9.73. The van der Waals surface area contributed by atoms with Gasteiger partial charge in [-0.25, -0.2) is 0 Å². The fourth-order valence-corrected chi connectivity index (χ4v) is 1.84. The topological polar surface area (TPSA) is 52.0 Å². The summed E-state index contributed by atoms with van der Waals surface area (Å²) in [6.45, 7) is 24.3. The molecule has 0 aromatic heterocycles. The van der Waals surface area contributed by atoms with Gasteiger partial charge in [0.1, 0.15) is 0 Å². The number of thioether (sulfide) groups is 1. The highest BCUT2D eigenvalue weighted by atomic mass is 32.2. The van der Waals surface area contributed by atoms with E-state index in [1.54, 1.807) is 24.1 Å². The second kappa shape index (κ2) is 23.1. The van der Waals surface area contributed by atoms with Gasteiger partial charge in [-0.05, 0) is 61.4 Å². The zero-order chi connectivity index (χ0) is 22.5. The molecule has 1 aliphatic rings. The van der Waals surface area contributed by atoms with E-state index in [4.69, 9.17) is 5.73 Å². The van der Waals surface area contributed by atoms with Crippen molar-refractivity contribution in [2.45, 2.75) is 74.7 Å². The van der Waals surface area contributed by atoms with Gasteiger partial charge in [0.15, 0.2) is 0 Å². The molecule has 1 atom stereocenters. The van der Waals surface area contributed by atoms with E-state index in [1.807, 2.05) is 6.26 Å². The summed E-state index contributed by atoms with van der Waals surface area (Å²) >= 11 is 1.62. The summed E-state index contributed by atoms with van der Waals surface area (Å²) in [5.41, 5.74) is 12.0. The highest BCUT2D eigenvalue weighted by Crippen LogP contribution is 2.37. The molecule has 0 aromatic carbocycles. The second-order valence-corrected chi connectivity index (χ2v) is 8.34. The summed E-state index contributed by atoms with van der Waals surface area (Å²) in [7, 11) is 1.50. The minimum atomic E-state index is 0.389. The van der Waals surface area contributed by atoms with Crippen molar-refractivity contribution in [1.29, 1.82) is 0 Å². The van der Waals surface area contributed by atoms with Gasteiger partial charge < -0.3 is 11.5 Å². The predicted molar refractivity (Wildman–Crippen MR) is 133 cm³/mol. The number of allylic oxidation sites excluding steroid dienone is 5. The van der Waals surface area contributed by atoms with Crippen LogP contribution >= 0.6 is 11.8 Å². The standard InChI is InChI=1S/C14H24.C3H7N.C3H6S.C3H8.CH5N/c1-11(2)10-13-6-8-14(5,9-7-13)12(3)4;1-3(2)4;1-3-4-2;1-3-2;1-2/h6-8,11-12H,9-10H2,1-5H3;1,4H2,2H3;3H,1H2,2H3;3H2,1-2H3;2H2,1H3. The zero-order valence-electron chi connectivity index (χ0n) is 20.1. The number of hydrogen-bond acceptors (Lipinski definition) is 3. The van der Waals surface area contributed by atoms with Gasteiger partial charge in [-0.3, -0.25) is 0 Å². The number of hydrogen-bond donors (Lipinski definition) is 2. The van der Waals surface area contributed by atoms with Crippen molar-refractivity contribution in [1.82, 2.24) is 0 Å². The van der Waals surface area contributed by atoms with Crippen LogP contribution in [0.4, 0.5) is 0 Å². The summed E-state index contributed by atoms with van der Waals surface area (Å²) in [6, 6.07) is 0. The van der Waals surface area contributed by atoms with Gasteiger partial charge in [0.25, 0.3) is 0 Å². The van der Waals surface area contributed by atoms with Crippen molar-refractivity contribution in [2.24, 2.45) is 28.7 Å². The van der Waals surface area contributed by atoms with Crippen LogP contribution in [0.15, 0.2) is 48.1 Å². The molecule has 4 N–H and O–H groups in total.